The van der Waals surface area contributed by atoms with Crippen LogP contribution in [-0.4, -0.2) is 5.11 Å². The normalized spacial score (nSPS) is 9.90. The summed E-state index contributed by atoms with van der Waals surface area (Å²) in [6.45, 7) is 0. The van der Waals surface area contributed by atoms with Crippen LogP contribution in [0, 0.1) is 0 Å². The average Bonchev–Trinajstić information content (AvgIpc) is 1.82. The van der Waals surface area contributed by atoms with E-state index in [1.165, 1.54) is 12.1 Å². The molecule has 0 bridgehead atoms. The standard InChI is InChI=1S/C6H3Cl3O/c7-3-1-4(8)6(10)5(9)2-3/h1-2,10H/i1+1,2+1,3+1,4+1,5+1,6+1. The number of rotatable bonds is 0. The molecule has 0 heterocycles. The van der Waals surface area contributed by atoms with Crippen molar-refractivity contribution in [3.05, 3.63) is 27.2 Å². The maximum absolute atomic E-state index is 9.01. The molecule has 1 aromatic rings. The minimum absolute atomic E-state index is 0.132. The molecule has 1 N–H and O–H groups in total. The molecule has 1 nitrogen and oxygen atoms in total. The zero-order chi connectivity index (χ0) is 7.72. The lowest BCUT2D eigenvalue weighted by molar-refractivity contribution is 0.476. The van der Waals surface area contributed by atoms with Crippen LogP contribution in [0.1, 0.15) is 0 Å². The highest BCUT2D eigenvalue weighted by Gasteiger charge is 2.03. The summed E-state index contributed by atoms with van der Waals surface area (Å²) in [5.41, 5.74) is 0. The highest BCUT2D eigenvalue weighted by molar-refractivity contribution is 6.40. The summed E-state index contributed by atoms with van der Waals surface area (Å²) in [5, 5.41) is 9.75. The summed E-state index contributed by atoms with van der Waals surface area (Å²) >= 11 is 16.5. The van der Waals surface area contributed by atoms with E-state index in [-0.39, 0.29) is 15.8 Å². The minimum atomic E-state index is -0.132. The highest BCUT2D eigenvalue weighted by Crippen LogP contribution is 2.34. The van der Waals surface area contributed by atoms with Gasteiger partial charge in [0.05, 0.1) is 10.0 Å². The molecule has 0 spiro atoms. The summed E-state index contributed by atoms with van der Waals surface area (Å²) in [5.74, 6) is -0.132. The Kier molecular flexibility index (Phi) is 2.29. The van der Waals surface area contributed by atoms with Gasteiger partial charge in [-0.05, 0) is 12.1 Å². The fourth-order valence-corrected chi connectivity index (χ4v) is 1.35. The molecule has 0 aromatic heterocycles. The molecule has 4 heteroatoms. The van der Waals surface area contributed by atoms with Crippen LogP contribution in [0.5, 0.6) is 5.75 Å². The van der Waals surface area contributed by atoms with Crippen LogP contribution in [0.3, 0.4) is 0 Å². The van der Waals surface area contributed by atoms with Gasteiger partial charge in [-0.3, -0.25) is 0 Å². The van der Waals surface area contributed by atoms with Gasteiger partial charge in [0.15, 0.2) is 5.75 Å². The zero-order valence-corrected chi connectivity index (χ0v) is 7.00. The van der Waals surface area contributed by atoms with Crippen molar-refractivity contribution in [1.29, 1.82) is 0 Å². The van der Waals surface area contributed by atoms with Gasteiger partial charge in [-0.15, -0.1) is 0 Å². The summed E-state index contributed by atoms with van der Waals surface area (Å²) < 4.78 is 0. The topological polar surface area (TPSA) is 20.2 Å². The van der Waals surface area contributed by atoms with Crippen LogP contribution < -0.4 is 0 Å². The molecule has 54 valence electrons. The van der Waals surface area contributed by atoms with E-state index < -0.39 is 0 Å². The van der Waals surface area contributed by atoms with Crippen molar-refractivity contribution in [2.75, 3.05) is 0 Å². The summed E-state index contributed by atoms with van der Waals surface area (Å²) in [7, 11) is 0. The fraction of sp³-hybridized carbons (Fsp3) is 0. The van der Waals surface area contributed by atoms with E-state index >= 15 is 0 Å². The first-order chi connectivity index (χ1) is 4.61. The van der Waals surface area contributed by atoms with E-state index in [0.717, 1.165) is 0 Å². The number of hydrogen-bond donors (Lipinski definition) is 1. The second-order valence-corrected chi connectivity index (χ2v) is 2.97. The molecular formula is C6H3Cl3O. The molecule has 0 radical (unpaired) electrons. The first kappa shape index (κ1) is 7.99. The molecule has 10 heavy (non-hydrogen) atoms. The third-order valence-corrected chi connectivity index (χ3v) is 1.78. The number of halogens is 3. The number of phenolic OH excluding ortho intramolecular Hbond substituents is 1. The summed E-state index contributed by atoms with van der Waals surface area (Å²) in [6, 6.07) is 2.84. The van der Waals surface area contributed by atoms with E-state index in [1.54, 1.807) is 0 Å². The van der Waals surface area contributed by atoms with Crippen LogP contribution >= 0.6 is 34.8 Å². The predicted octanol–water partition coefficient (Wildman–Crippen LogP) is 3.35. The molecule has 0 atom stereocenters. The van der Waals surface area contributed by atoms with Gasteiger partial charge in [0.25, 0.3) is 0 Å². The predicted molar refractivity (Wildman–Crippen MR) is 43.1 cm³/mol. The first-order valence-corrected chi connectivity index (χ1v) is 3.58. The van der Waals surface area contributed by atoms with Gasteiger partial charge in [0.1, 0.15) is 0 Å². The van der Waals surface area contributed by atoms with Gasteiger partial charge >= 0.3 is 0 Å². The lowest BCUT2D eigenvalue weighted by Crippen LogP contribution is -1.70. The van der Waals surface area contributed by atoms with E-state index in [0.29, 0.717) is 5.02 Å². The SMILES string of the molecule is O[13c]1[13c](Cl)[13cH][13c](Cl)[13cH][13c]1Cl. The van der Waals surface area contributed by atoms with Gasteiger partial charge in [-0.25, -0.2) is 0 Å². The van der Waals surface area contributed by atoms with Gasteiger partial charge in [-0.1, -0.05) is 34.8 Å². The minimum Gasteiger partial charge on any atom is -0.505 e. The van der Waals surface area contributed by atoms with Crippen LogP contribution in [-0.2, 0) is 0 Å². The molecule has 0 amide bonds. The highest BCUT2D eigenvalue weighted by atomic mass is 35.5. The quantitative estimate of drug-likeness (QED) is 0.685. The molecule has 1 rings (SSSR count). The smallest absolute Gasteiger partial charge is 0.152 e. The number of phenols is 1. The third kappa shape index (κ3) is 1.48. The van der Waals surface area contributed by atoms with Crippen LogP contribution in [0.15, 0.2) is 12.1 Å². The Morgan fingerprint density at radius 3 is 1.80 bits per heavy atom. The van der Waals surface area contributed by atoms with Gasteiger partial charge in [0.2, 0.25) is 0 Å². The Labute approximate surface area is 73.1 Å². The van der Waals surface area contributed by atoms with Crippen molar-refractivity contribution in [1.82, 2.24) is 0 Å². The van der Waals surface area contributed by atoms with E-state index in [2.05, 4.69) is 0 Å². The van der Waals surface area contributed by atoms with Gasteiger partial charge in [-0.2, -0.15) is 0 Å². The molecule has 0 saturated carbocycles. The Morgan fingerprint density at radius 1 is 1.00 bits per heavy atom. The molecule has 0 unspecified atom stereocenters. The molecule has 0 aliphatic carbocycles. The maximum atomic E-state index is 9.01. The Bertz CT molecular complexity index is 236. The van der Waals surface area contributed by atoms with Crippen molar-refractivity contribution in [2.24, 2.45) is 0 Å². The van der Waals surface area contributed by atoms with E-state index in [4.69, 9.17) is 39.9 Å². The second-order valence-electron chi connectivity index (χ2n) is 1.72. The van der Waals surface area contributed by atoms with Crippen molar-refractivity contribution < 1.29 is 5.11 Å². The van der Waals surface area contributed by atoms with Crippen LogP contribution in [0.4, 0.5) is 0 Å². The molecule has 0 saturated heterocycles. The van der Waals surface area contributed by atoms with Gasteiger partial charge < -0.3 is 5.11 Å². The lowest BCUT2D eigenvalue weighted by atomic mass is 11.3. The Morgan fingerprint density at radius 2 is 1.40 bits per heavy atom. The summed E-state index contributed by atoms with van der Waals surface area (Å²) in [6.07, 6.45) is 0. The first-order valence-electron chi connectivity index (χ1n) is 2.45. The Balaban J connectivity index is 3.31. The Hall–Kier alpha value is -0.110. The number of aromatic hydroxyl groups is 1. The number of benzene rings is 1. The number of hydrogen-bond acceptors (Lipinski definition) is 1. The van der Waals surface area contributed by atoms with E-state index in [1.807, 2.05) is 0 Å². The molecular weight excluding hydrogens is 200 g/mol. The third-order valence-electron chi connectivity index (χ3n) is 0.982. The second kappa shape index (κ2) is 2.87. The molecule has 1 aromatic carbocycles. The van der Waals surface area contributed by atoms with Crippen LogP contribution in [0.2, 0.25) is 15.1 Å². The van der Waals surface area contributed by atoms with Crippen LogP contribution in [0.25, 0.3) is 0 Å². The van der Waals surface area contributed by atoms with Crippen molar-refractivity contribution >= 4 is 34.8 Å². The maximum Gasteiger partial charge on any atom is 0.152 e. The van der Waals surface area contributed by atoms with Crippen molar-refractivity contribution in [2.45, 2.75) is 0 Å². The lowest BCUT2D eigenvalue weighted by Gasteiger charge is -1.98. The summed E-state index contributed by atoms with van der Waals surface area (Å²) in [4.78, 5) is 0. The van der Waals surface area contributed by atoms with E-state index in [9.17, 15) is 0 Å². The average molecular weight is 203 g/mol. The van der Waals surface area contributed by atoms with Gasteiger partial charge in [0, 0.05) is 5.02 Å². The van der Waals surface area contributed by atoms with Crippen molar-refractivity contribution in [3.8, 4) is 5.75 Å². The fourth-order valence-electron chi connectivity index (χ4n) is 0.535. The van der Waals surface area contributed by atoms with Crippen molar-refractivity contribution in [3.63, 3.8) is 0 Å². The molecule has 0 fully saturated rings. The monoisotopic (exact) mass is 202 g/mol. The molecule has 0 aliphatic rings. The largest absolute Gasteiger partial charge is 0.505 e. The molecule has 0 aliphatic heterocycles. The zero-order valence-electron chi connectivity index (χ0n) is 4.74.